The van der Waals surface area contributed by atoms with Gasteiger partial charge in [0.1, 0.15) is 17.1 Å². The summed E-state index contributed by atoms with van der Waals surface area (Å²) in [6, 6.07) is 16.9. The fourth-order valence-electron chi connectivity index (χ4n) is 1.75. The molecule has 0 aliphatic carbocycles. The number of hydrogen-bond acceptors (Lipinski definition) is 2. The molecule has 1 N–H and O–H groups in total. The largest absolute Gasteiger partial charge is 0.508 e. The van der Waals surface area contributed by atoms with Crippen LogP contribution in [0.2, 0.25) is 0 Å². The van der Waals surface area contributed by atoms with Crippen LogP contribution in [-0.2, 0) is 0 Å². The van der Waals surface area contributed by atoms with Crippen LogP contribution in [0.3, 0.4) is 0 Å². The molecule has 3 aromatic rings. The van der Waals surface area contributed by atoms with Gasteiger partial charge in [0.25, 0.3) is 0 Å². The number of rotatable bonds is 1. The summed E-state index contributed by atoms with van der Waals surface area (Å²) in [5, 5.41) is 10.3. The lowest BCUT2D eigenvalue weighted by molar-refractivity contribution is 0.475. The molecular formula is C14H10O2. The SMILES string of the molecule is Oc1ccc(-c2cc3ccccc3o2)cc1. The van der Waals surface area contributed by atoms with Gasteiger partial charge in [-0.2, -0.15) is 0 Å². The van der Waals surface area contributed by atoms with E-state index in [0.717, 1.165) is 22.3 Å². The molecule has 1 heterocycles. The van der Waals surface area contributed by atoms with E-state index in [0.29, 0.717) is 0 Å². The summed E-state index contributed by atoms with van der Waals surface area (Å²) in [5.74, 6) is 1.08. The van der Waals surface area contributed by atoms with Crippen molar-refractivity contribution in [3.63, 3.8) is 0 Å². The standard InChI is InChI=1S/C14H10O2/c15-12-7-5-10(6-8-12)14-9-11-3-1-2-4-13(11)16-14/h1-9,15H. The third-order valence-corrected chi connectivity index (χ3v) is 2.58. The number of aromatic hydroxyl groups is 1. The summed E-state index contributed by atoms with van der Waals surface area (Å²) >= 11 is 0. The van der Waals surface area contributed by atoms with Gasteiger partial charge in [-0.25, -0.2) is 0 Å². The van der Waals surface area contributed by atoms with Crippen molar-refractivity contribution in [1.29, 1.82) is 0 Å². The molecule has 0 aliphatic heterocycles. The van der Waals surface area contributed by atoms with Crippen LogP contribution in [0.4, 0.5) is 0 Å². The molecule has 1 aromatic heterocycles. The van der Waals surface area contributed by atoms with Gasteiger partial charge < -0.3 is 9.52 Å². The van der Waals surface area contributed by atoms with Crippen molar-refractivity contribution in [3.8, 4) is 17.1 Å². The van der Waals surface area contributed by atoms with Crippen LogP contribution in [0.5, 0.6) is 5.75 Å². The first-order chi connectivity index (χ1) is 7.83. The highest BCUT2D eigenvalue weighted by atomic mass is 16.3. The fraction of sp³-hybridized carbons (Fsp3) is 0. The predicted octanol–water partition coefficient (Wildman–Crippen LogP) is 3.81. The lowest BCUT2D eigenvalue weighted by atomic mass is 10.1. The number of para-hydroxylation sites is 1. The Morgan fingerprint density at radius 1 is 0.875 bits per heavy atom. The van der Waals surface area contributed by atoms with E-state index >= 15 is 0 Å². The van der Waals surface area contributed by atoms with Gasteiger partial charge in [0, 0.05) is 10.9 Å². The maximum absolute atomic E-state index is 9.21. The van der Waals surface area contributed by atoms with Crippen molar-refractivity contribution < 1.29 is 9.52 Å². The molecule has 0 amide bonds. The van der Waals surface area contributed by atoms with Gasteiger partial charge in [0.15, 0.2) is 0 Å². The molecule has 0 aliphatic rings. The maximum Gasteiger partial charge on any atom is 0.135 e. The Balaban J connectivity index is 2.15. The third-order valence-electron chi connectivity index (χ3n) is 2.58. The quantitative estimate of drug-likeness (QED) is 0.662. The molecular weight excluding hydrogens is 200 g/mol. The Morgan fingerprint density at radius 2 is 1.62 bits per heavy atom. The zero-order valence-corrected chi connectivity index (χ0v) is 8.55. The van der Waals surface area contributed by atoms with E-state index in [1.54, 1.807) is 12.1 Å². The minimum atomic E-state index is 0.264. The maximum atomic E-state index is 9.21. The number of furan rings is 1. The molecule has 3 rings (SSSR count). The van der Waals surface area contributed by atoms with Gasteiger partial charge in [0.2, 0.25) is 0 Å². The lowest BCUT2D eigenvalue weighted by Gasteiger charge is -1.95. The van der Waals surface area contributed by atoms with E-state index in [1.165, 1.54) is 0 Å². The van der Waals surface area contributed by atoms with Crippen molar-refractivity contribution in [2.24, 2.45) is 0 Å². The van der Waals surface area contributed by atoms with Crippen LogP contribution in [0.25, 0.3) is 22.3 Å². The molecule has 0 fully saturated rings. The van der Waals surface area contributed by atoms with Gasteiger partial charge >= 0.3 is 0 Å². The molecule has 0 saturated heterocycles. The molecule has 2 heteroatoms. The highest BCUT2D eigenvalue weighted by molar-refractivity contribution is 5.82. The zero-order chi connectivity index (χ0) is 11.0. The Labute approximate surface area is 92.8 Å². The Bertz CT molecular complexity index is 588. The van der Waals surface area contributed by atoms with E-state index in [2.05, 4.69) is 0 Å². The second-order valence-electron chi connectivity index (χ2n) is 3.70. The van der Waals surface area contributed by atoms with Crippen LogP contribution >= 0.6 is 0 Å². The molecule has 0 saturated carbocycles. The highest BCUT2D eigenvalue weighted by Crippen LogP contribution is 2.28. The monoisotopic (exact) mass is 210 g/mol. The van der Waals surface area contributed by atoms with E-state index in [1.807, 2.05) is 42.5 Å². The minimum Gasteiger partial charge on any atom is -0.508 e. The lowest BCUT2D eigenvalue weighted by Crippen LogP contribution is -1.71. The topological polar surface area (TPSA) is 33.4 Å². The van der Waals surface area contributed by atoms with Crippen molar-refractivity contribution >= 4 is 11.0 Å². The van der Waals surface area contributed by atoms with Crippen molar-refractivity contribution in [1.82, 2.24) is 0 Å². The van der Waals surface area contributed by atoms with Gasteiger partial charge in [-0.05, 0) is 36.4 Å². The average molecular weight is 210 g/mol. The first kappa shape index (κ1) is 9.04. The summed E-state index contributed by atoms with van der Waals surface area (Å²) < 4.78 is 5.71. The number of phenols is 1. The molecule has 78 valence electrons. The fourth-order valence-corrected chi connectivity index (χ4v) is 1.75. The number of benzene rings is 2. The van der Waals surface area contributed by atoms with E-state index in [-0.39, 0.29) is 5.75 Å². The molecule has 0 unspecified atom stereocenters. The predicted molar refractivity (Wildman–Crippen MR) is 63.3 cm³/mol. The van der Waals surface area contributed by atoms with E-state index < -0.39 is 0 Å². The summed E-state index contributed by atoms with van der Waals surface area (Å²) in [5.41, 5.74) is 1.85. The Kier molecular flexibility index (Phi) is 1.93. The summed E-state index contributed by atoms with van der Waals surface area (Å²) in [6.45, 7) is 0. The van der Waals surface area contributed by atoms with Crippen molar-refractivity contribution in [2.75, 3.05) is 0 Å². The van der Waals surface area contributed by atoms with Crippen LogP contribution in [0, 0.1) is 0 Å². The van der Waals surface area contributed by atoms with E-state index in [4.69, 9.17) is 4.42 Å². The van der Waals surface area contributed by atoms with Crippen LogP contribution < -0.4 is 0 Å². The first-order valence-electron chi connectivity index (χ1n) is 5.11. The normalized spacial score (nSPS) is 10.8. The molecule has 2 aromatic carbocycles. The van der Waals surface area contributed by atoms with Gasteiger partial charge in [0.05, 0.1) is 0 Å². The zero-order valence-electron chi connectivity index (χ0n) is 8.55. The molecule has 2 nitrogen and oxygen atoms in total. The number of fused-ring (bicyclic) bond motifs is 1. The molecule has 0 atom stereocenters. The van der Waals surface area contributed by atoms with Crippen LogP contribution in [0.15, 0.2) is 59.0 Å². The number of phenolic OH excluding ortho intramolecular Hbond substituents is 1. The van der Waals surface area contributed by atoms with Gasteiger partial charge in [-0.15, -0.1) is 0 Å². The second kappa shape index (κ2) is 3.42. The summed E-state index contributed by atoms with van der Waals surface area (Å²) in [6.07, 6.45) is 0. The first-order valence-corrected chi connectivity index (χ1v) is 5.11. The van der Waals surface area contributed by atoms with Crippen LogP contribution in [0.1, 0.15) is 0 Å². The second-order valence-corrected chi connectivity index (χ2v) is 3.70. The van der Waals surface area contributed by atoms with E-state index in [9.17, 15) is 5.11 Å². The summed E-state index contributed by atoms with van der Waals surface area (Å²) in [7, 11) is 0. The van der Waals surface area contributed by atoms with Crippen molar-refractivity contribution in [2.45, 2.75) is 0 Å². The number of hydrogen-bond donors (Lipinski definition) is 1. The molecule has 0 bridgehead atoms. The third kappa shape index (κ3) is 1.44. The smallest absolute Gasteiger partial charge is 0.135 e. The van der Waals surface area contributed by atoms with Crippen molar-refractivity contribution in [3.05, 3.63) is 54.6 Å². The summed E-state index contributed by atoms with van der Waals surface area (Å²) in [4.78, 5) is 0. The minimum absolute atomic E-state index is 0.264. The highest BCUT2D eigenvalue weighted by Gasteiger charge is 2.04. The molecule has 0 spiro atoms. The Morgan fingerprint density at radius 3 is 2.38 bits per heavy atom. The Hall–Kier alpha value is -2.22. The van der Waals surface area contributed by atoms with Gasteiger partial charge in [-0.1, -0.05) is 18.2 Å². The van der Waals surface area contributed by atoms with Crippen LogP contribution in [-0.4, -0.2) is 5.11 Å². The molecule has 16 heavy (non-hydrogen) atoms. The van der Waals surface area contributed by atoms with Gasteiger partial charge in [-0.3, -0.25) is 0 Å². The molecule has 0 radical (unpaired) electrons. The average Bonchev–Trinajstić information content (AvgIpc) is 2.73.